The SMILES string of the molecule is COc1ccc(Cc2nc(Cc3cnsn3)no2)c(C)c1. The molecule has 2 aromatic heterocycles. The molecular weight excluding hydrogens is 288 g/mol. The van der Waals surface area contributed by atoms with Gasteiger partial charge in [-0.1, -0.05) is 11.2 Å². The molecule has 6 nitrogen and oxygen atoms in total. The molecule has 7 heteroatoms. The number of benzene rings is 1. The number of nitrogens with zero attached hydrogens (tertiary/aromatic N) is 4. The molecule has 3 rings (SSSR count). The predicted molar refractivity (Wildman–Crippen MR) is 77.6 cm³/mol. The Morgan fingerprint density at radius 1 is 1.29 bits per heavy atom. The molecule has 0 saturated carbocycles. The van der Waals surface area contributed by atoms with E-state index in [9.17, 15) is 0 Å². The van der Waals surface area contributed by atoms with Crippen LogP contribution in [0.25, 0.3) is 0 Å². The first-order chi connectivity index (χ1) is 10.2. The van der Waals surface area contributed by atoms with Crippen molar-refractivity contribution in [1.29, 1.82) is 0 Å². The molecule has 0 aliphatic rings. The van der Waals surface area contributed by atoms with Gasteiger partial charge < -0.3 is 9.26 Å². The van der Waals surface area contributed by atoms with E-state index in [1.165, 1.54) is 11.7 Å². The van der Waals surface area contributed by atoms with Crippen LogP contribution in [0.15, 0.2) is 28.9 Å². The summed E-state index contributed by atoms with van der Waals surface area (Å²) in [5, 5.41) is 3.98. The van der Waals surface area contributed by atoms with E-state index in [0.29, 0.717) is 24.6 Å². The summed E-state index contributed by atoms with van der Waals surface area (Å²) in [6.07, 6.45) is 2.87. The highest BCUT2D eigenvalue weighted by atomic mass is 32.1. The van der Waals surface area contributed by atoms with E-state index in [0.717, 1.165) is 22.6 Å². The molecule has 0 N–H and O–H groups in total. The van der Waals surface area contributed by atoms with E-state index in [2.05, 4.69) is 18.9 Å². The number of methoxy groups -OCH3 is 1. The van der Waals surface area contributed by atoms with Crippen LogP contribution in [0.5, 0.6) is 5.75 Å². The molecule has 0 aliphatic carbocycles. The largest absolute Gasteiger partial charge is 0.497 e. The molecule has 0 atom stereocenters. The summed E-state index contributed by atoms with van der Waals surface area (Å²) in [6, 6.07) is 5.94. The Kier molecular flexibility index (Phi) is 3.92. The Bertz CT molecular complexity index is 724. The molecule has 0 unspecified atom stereocenters. The van der Waals surface area contributed by atoms with Gasteiger partial charge in [-0.05, 0) is 30.2 Å². The molecule has 21 heavy (non-hydrogen) atoms. The highest BCUT2D eigenvalue weighted by Gasteiger charge is 2.11. The summed E-state index contributed by atoms with van der Waals surface area (Å²) in [5.41, 5.74) is 3.13. The second-order valence-electron chi connectivity index (χ2n) is 4.65. The number of hydrogen-bond donors (Lipinski definition) is 0. The first kappa shape index (κ1) is 13.7. The van der Waals surface area contributed by atoms with E-state index in [1.807, 2.05) is 25.1 Å². The van der Waals surface area contributed by atoms with Gasteiger partial charge >= 0.3 is 0 Å². The van der Waals surface area contributed by atoms with Gasteiger partial charge in [0.15, 0.2) is 5.82 Å². The maximum Gasteiger partial charge on any atom is 0.231 e. The third-order valence-electron chi connectivity index (χ3n) is 3.15. The van der Waals surface area contributed by atoms with Gasteiger partial charge in [-0.25, -0.2) is 0 Å². The normalized spacial score (nSPS) is 10.8. The summed E-state index contributed by atoms with van der Waals surface area (Å²) in [7, 11) is 1.66. The smallest absolute Gasteiger partial charge is 0.231 e. The number of aryl methyl sites for hydroxylation is 1. The zero-order valence-electron chi connectivity index (χ0n) is 11.7. The van der Waals surface area contributed by atoms with E-state index in [1.54, 1.807) is 13.3 Å². The fourth-order valence-corrected chi connectivity index (χ4v) is 2.45. The van der Waals surface area contributed by atoms with Crippen molar-refractivity contribution in [3.63, 3.8) is 0 Å². The van der Waals surface area contributed by atoms with Crippen molar-refractivity contribution < 1.29 is 9.26 Å². The average molecular weight is 302 g/mol. The van der Waals surface area contributed by atoms with Gasteiger partial charge in [0.2, 0.25) is 5.89 Å². The number of hydrogen-bond acceptors (Lipinski definition) is 7. The summed E-state index contributed by atoms with van der Waals surface area (Å²) in [6.45, 7) is 2.04. The van der Waals surface area contributed by atoms with Crippen molar-refractivity contribution in [1.82, 2.24) is 18.9 Å². The summed E-state index contributed by atoms with van der Waals surface area (Å²) >= 11 is 1.18. The van der Waals surface area contributed by atoms with Gasteiger partial charge in [0.25, 0.3) is 0 Å². The van der Waals surface area contributed by atoms with E-state index in [-0.39, 0.29) is 0 Å². The zero-order valence-corrected chi connectivity index (χ0v) is 12.6. The minimum absolute atomic E-state index is 0.543. The third-order valence-corrected chi connectivity index (χ3v) is 3.66. The first-order valence-corrected chi connectivity index (χ1v) is 7.19. The van der Waals surface area contributed by atoms with Crippen LogP contribution in [0.3, 0.4) is 0 Å². The lowest BCUT2D eigenvalue weighted by molar-refractivity contribution is 0.379. The highest BCUT2D eigenvalue weighted by molar-refractivity contribution is 6.99. The highest BCUT2D eigenvalue weighted by Crippen LogP contribution is 2.19. The first-order valence-electron chi connectivity index (χ1n) is 6.46. The van der Waals surface area contributed by atoms with E-state index >= 15 is 0 Å². The van der Waals surface area contributed by atoms with E-state index < -0.39 is 0 Å². The maximum absolute atomic E-state index is 5.29. The fraction of sp³-hybridized carbons (Fsp3) is 0.286. The van der Waals surface area contributed by atoms with Crippen LogP contribution in [0.1, 0.15) is 28.5 Å². The third kappa shape index (κ3) is 3.25. The molecule has 1 aromatic carbocycles. The van der Waals surface area contributed by atoms with Crippen molar-refractivity contribution in [3.05, 3.63) is 52.9 Å². The lowest BCUT2D eigenvalue weighted by Gasteiger charge is -2.05. The van der Waals surface area contributed by atoms with Crippen LogP contribution >= 0.6 is 11.7 Å². The van der Waals surface area contributed by atoms with Crippen molar-refractivity contribution in [3.8, 4) is 5.75 Å². The van der Waals surface area contributed by atoms with Gasteiger partial charge in [0.1, 0.15) is 5.75 Å². The molecule has 0 radical (unpaired) electrons. The molecule has 108 valence electrons. The summed E-state index contributed by atoms with van der Waals surface area (Å²) in [4.78, 5) is 4.39. The number of ether oxygens (including phenoxy) is 1. The van der Waals surface area contributed by atoms with Crippen LogP contribution in [0, 0.1) is 6.92 Å². The monoisotopic (exact) mass is 302 g/mol. The van der Waals surface area contributed by atoms with Crippen LogP contribution in [0.2, 0.25) is 0 Å². The van der Waals surface area contributed by atoms with Gasteiger partial charge in [0, 0.05) is 0 Å². The van der Waals surface area contributed by atoms with Gasteiger partial charge in [0.05, 0.1) is 43.6 Å². The fourth-order valence-electron chi connectivity index (χ4n) is 2.01. The Hall–Kier alpha value is -2.28. The van der Waals surface area contributed by atoms with Crippen molar-refractivity contribution >= 4 is 11.7 Å². The van der Waals surface area contributed by atoms with Crippen LogP contribution < -0.4 is 4.74 Å². The summed E-state index contributed by atoms with van der Waals surface area (Å²) < 4.78 is 18.6. The Morgan fingerprint density at radius 2 is 2.19 bits per heavy atom. The molecule has 3 aromatic rings. The van der Waals surface area contributed by atoms with Crippen LogP contribution in [-0.2, 0) is 12.8 Å². The molecule has 0 spiro atoms. The average Bonchev–Trinajstić information content (AvgIpc) is 3.14. The minimum atomic E-state index is 0.543. The van der Waals surface area contributed by atoms with Gasteiger partial charge in [-0.3, -0.25) is 0 Å². The van der Waals surface area contributed by atoms with Crippen LogP contribution in [-0.4, -0.2) is 26.0 Å². The van der Waals surface area contributed by atoms with Crippen molar-refractivity contribution in [2.75, 3.05) is 7.11 Å². The van der Waals surface area contributed by atoms with Gasteiger partial charge in [-0.2, -0.15) is 13.7 Å². The quantitative estimate of drug-likeness (QED) is 0.720. The zero-order chi connectivity index (χ0) is 14.7. The maximum atomic E-state index is 5.29. The molecule has 0 saturated heterocycles. The Labute approximate surface area is 126 Å². The molecule has 0 fully saturated rings. The van der Waals surface area contributed by atoms with E-state index in [4.69, 9.17) is 9.26 Å². The molecular formula is C14H14N4O2S. The number of aromatic nitrogens is 4. The molecule has 0 bridgehead atoms. The topological polar surface area (TPSA) is 73.9 Å². The lowest BCUT2D eigenvalue weighted by atomic mass is 10.1. The second-order valence-corrected chi connectivity index (χ2v) is 5.21. The van der Waals surface area contributed by atoms with Crippen molar-refractivity contribution in [2.45, 2.75) is 19.8 Å². The molecule has 2 heterocycles. The summed E-state index contributed by atoms with van der Waals surface area (Å²) in [5.74, 6) is 2.07. The second kappa shape index (κ2) is 6.01. The molecule has 0 amide bonds. The standard InChI is InChI=1S/C14H14N4O2S/c1-9-5-12(19-2)4-3-10(9)6-14-16-13(17-20-14)7-11-8-15-21-18-11/h3-5,8H,6-7H2,1-2H3. The minimum Gasteiger partial charge on any atom is -0.497 e. The lowest BCUT2D eigenvalue weighted by Crippen LogP contribution is -1.95. The Balaban J connectivity index is 1.72. The number of rotatable bonds is 5. The van der Waals surface area contributed by atoms with Gasteiger partial charge in [-0.15, -0.1) is 0 Å². The van der Waals surface area contributed by atoms with Crippen molar-refractivity contribution in [2.24, 2.45) is 0 Å². The molecule has 0 aliphatic heterocycles. The Morgan fingerprint density at radius 3 is 2.90 bits per heavy atom. The van der Waals surface area contributed by atoms with Crippen LogP contribution in [0.4, 0.5) is 0 Å². The predicted octanol–water partition coefficient (Wildman–Crippen LogP) is 2.42.